The van der Waals surface area contributed by atoms with Crippen LogP contribution in [-0.2, 0) is 4.79 Å². The summed E-state index contributed by atoms with van der Waals surface area (Å²) in [6, 6.07) is 12.5. The second-order valence-corrected chi connectivity index (χ2v) is 7.32. The molecule has 2 aromatic carbocycles. The first kappa shape index (κ1) is 19.0. The molecular weight excluding hydrogens is 362 g/mol. The number of benzene rings is 2. The molecule has 0 unspecified atom stereocenters. The molecule has 0 atom stereocenters. The minimum absolute atomic E-state index is 0.000210. The molecular formula is C20H21N3O3S. The summed E-state index contributed by atoms with van der Waals surface area (Å²) in [6.45, 7) is 3.66. The summed E-state index contributed by atoms with van der Waals surface area (Å²) in [5, 5.41) is 3.50. The summed E-state index contributed by atoms with van der Waals surface area (Å²) in [5.74, 6) is 0.884. The van der Waals surface area contributed by atoms with Crippen LogP contribution in [0.4, 0.5) is 5.69 Å². The fourth-order valence-electron chi connectivity index (χ4n) is 2.40. The Morgan fingerprint density at radius 2 is 1.93 bits per heavy atom. The van der Waals surface area contributed by atoms with E-state index in [0.29, 0.717) is 16.4 Å². The minimum atomic E-state index is -0.0912. The first-order valence-corrected chi connectivity index (χ1v) is 9.55. The number of amides is 1. The van der Waals surface area contributed by atoms with Gasteiger partial charge in [0.15, 0.2) is 10.9 Å². The molecule has 140 valence electrons. The lowest BCUT2D eigenvalue weighted by Gasteiger charge is -2.08. The molecule has 0 radical (unpaired) electrons. The van der Waals surface area contributed by atoms with Gasteiger partial charge in [0.1, 0.15) is 5.75 Å². The van der Waals surface area contributed by atoms with Gasteiger partial charge in [0.05, 0.1) is 23.9 Å². The van der Waals surface area contributed by atoms with Crippen LogP contribution >= 0.6 is 11.8 Å². The van der Waals surface area contributed by atoms with Crippen molar-refractivity contribution >= 4 is 40.2 Å². The number of Topliss-reactive ketones (excluding diaryl/α,β-unsaturated/α-hetero) is 1. The fraction of sp³-hybridized carbons (Fsp3) is 0.250. The van der Waals surface area contributed by atoms with Gasteiger partial charge < -0.3 is 15.0 Å². The molecule has 0 saturated carbocycles. The van der Waals surface area contributed by atoms with Crippen LogP contribution in [0.3, 0.4) is 0 Å². The van der Waals surface area contributed by atoms with Crippen LogP contribution in [-0.4, -0.2) is 34.5 Å². The number of imidazole rings is 1. The van der Waals surface area contributed by atoms with Crippen molar-refractivity contribution in [3.05, 3.63) is 48.0 Å². The van der Waals surface area contributed by atoms with E-state index in [2.05, 4.69) is 15.3 Å². The summed E-state index contributed by atoms with van der Waals surface area (Å²) >= 11 is 1.35. The quantitative estimate of drug-likeness (QED) is 0.473. The third kappa shape index (κ3) is 4.68. The van der Waals surface area contributed by atoms with E-state index in [0.717, 1.165) is 16.8 Å². The predicted molar refractivity (Wildman–Crippen MR) is 108 cm³/mol. The predicted octanol–water partition coefficient (Wildman–Crippen LogP) is 4.14. The van der Waals surface area contributed by atoms with Crippen molar-refractivity contribution < 1.29 is 14.3 Å². The third-order valence-corrected chi connectivity index (χ3v) is 4.88. The molecule has 3 aromatic rings. The van der Waals surface area contributed by atoms with Gasteiger partial charge in [0, 0.05) is 23.2 Å². The Kier molecular flexibility index (Phi) is 5.81. The number of ketones is 1. The molecule has 3 rings (SSSR count). The van der Waals surface area contributed by atoms with Gasteiger partial charge in [0.25, 0.3) is 0 Å². The molecule has 2 N–H and O–H groups in total. The maximum Gasteiger partial charge on any atom is 0.226 e. The molecule has 0 spiro atoms. The lowest BCUT2D eigenvalue weighted by Crippen LogP contribution is -2.17. The first-order valence-electron chi connectivity index (χ1n) is 8.57. The van der Waals surface area contributed by atoms with E-state index in [4.69, 9.17) is 4.74 Å². The lowest BCUT2D eigenvalue weighted by molar-refractivity contribution is -0.118. The van der Waals surface area contributed by atoms with Gasteiger partial charge in [-0.15, -0.1) is 0 Å². The number of ether oxygens (including phenoxy) is 1. The highest BCUT2D eigenvalue weighted by Crippen LogP contribution is 2.24. The Hall–Kier alpha value is -2.80. The number of rotatable bonds is 7. The summed E-state index contributed by atoms with van der Waals surface area (Å²) in [7, 11) is 1.62. The second-order valence-electron chi connectivity index (χ2n) is 6.36. The molecule has 1 amide bonds. The fourth-order valence-corrected chi connectivity index (χ4v) is 3.18. The molecule has 0 aliphatic heterocycles. The number of nitrogens with one attached hydrogen (secondary N) is 2. The van der Waals surface area contributed by atoms with E-state index in [-0.39, 0.29) is 23.4 Å². The Bertz CT molecular complexity index is 964. The van der Waals surface area contributed by atoms with Gasteiger partial charge in [-0.05, 0) is 36.4 Å². The highest BCUT2D eigenvalue weighted by Gasteiger charge is 2.11. The van der Waals surface area contributed by atoms with Crippen LogP contribution in [0.25, 0.3) is 11.0 Å². The number of aromatic amines is 1. The number of thioether (sulfide) groups is 1. The average molecular weight is 383 g/mol. The first-order chi connectivity index (χ1) is 13.0. The number of carbonyl (C=O) groups excluding carboxylic acids is 2. The van der Waals surface area contributed by atoms with Crippen LogP contribution in [0, 0.1) is 5.92 Å². The topological polar surface area (TPSA) is 84.1 Å². The molecule has 1 aromatic heterocycles. The molecule has 0 aliphatic carbocycles. The number of hydrogen-bond acceptors (Lipinski definition) is 5. The number of carbonyl (C=O) groups is 2. The summed E-state index contributed by atoms with van der Waals surface area (Å²) in [4.78, 5) is 31.8. The second kappa shape index (κ2) is 8.26. The zero-order valence-electron chi connectivity index (χ0n) is 15.4. The monoisotopic (exact) mass is 383 g/mol. The van der Waals surface area contributed by atoms with Crippen LogP contribution in [0.15, 0.2) is 47.6 Å². The van der Waals surface area contributed by atoms with Crippen molar-refractivity contribution in [1.29, 1.82) is 0 Å². The van der Waals surface area contributed by atoms with Crippen molar-refractivity contribution in [3.63, 3.8) is 0 Å². The van der Waals surface area contributed by atoms with E-state index < -0.39 is 0 Å². The summed E-state index contributed by atoms with van der Waals surface area (Å²) in [5.41, 5.74) is 2.98. The van der Waals surface area contributed by atoms with Crippen molar-refractivity contribution in [2.45, 2.75) is 19.0 Å². The number of aromatic nitrogens is 2. The summed E-state index contributed by atoms with van der Waals surface area (Å²) < 4.78 is 5.20. The van der Waals surface area contributed by atoms with Gasteiger partial charge in [-0.2, -0.15) is 0 Å². The number of hydrogen-bond donors (Lipinski definition) is 2. The van der Waals surface area contributed by atoms with Gasteiger partial charge in [-0.25, -0.2) is 4.98 Å². The number of anilines is 1. The number of nitrogens with zero attached hydrogens (tertiary/aromatic N) is 1. The lowest BCUT2D eigenvalue weighted by atomic mass is 10.1. The zero-order chi connectivity index (χ0) is 19.4. The van der Waals surface area contributed by atoms with Crippen molar-refractivity contribution in [1.82, 2.24) is 9.97 Å². The SMILES string of the molecule is COc1ccc2nc(SCC(=O)c3ccc(NC(=O)C(C)C)cc3)[nH]c2c1. The van der Waals surface area contributed by atoms with Crippen molar-refractivity contribution in [2.24, 2.45) is 5.92 Å². The normalized spacial score (nSPS) is 11.0. The molecule has 0 fully saturated rings. The van der Waals surface area contributed by atoms with Gasteiger partial charge in [0.2, 0.25) is 5.91 Å². The standard InChI is InChI=1S/C20H21N3O3S/c1-12(2)19(25)21-14-6-4-13(5-7-14)18(24)11-27-20-22-16-9-8-15(26-3)10-17(16)23-20/h4-10,12H,11H2,1-3H3,(H,21,25)(H,22,23). The zero-order valence-corrected chi connectivity index (χ0v) is 16.2. The molecule has 6 nitrogen and oxygen atoms in total. The molecule has 1 heterocycles. The van der Waals surface area contributed by atoms with E-state index in [1.54, 1.807) is 31.4 Å². The minimum Gasteiger partial charge on any atom is -0.497 e. The average Bonchev–Trinajstić information content (AvgIpc) is 3.08. The molecule has 0 bridgehead atoms. The maximum absolute atomic E-state index is 12.4. The van der Waals surface area contributed by atoms with Gasteiger partial charge in [-0.3, -0.25) is 9.59 Å². The van der Waals surface area contributed by atoms with Crippen molar-refractivity contribution in [2.75, 3.05) is 18.2 Å². The molecule has 7 heteroatoms. The smallest absolute Gasteiger partial charge is 0.226 e. The Morgan fingerprint density at radius 1 is 1.19 bits per heavy atom. The summed E-state index contributed by atoms with van der Waals surface area (Å²) in [6.07, 6.45) is 0. The van der Waals surface area contributed by atoms with Crippen LogP contribution in [0.2, 0.25) is 0 Å². The van der Waals surface area contributed by atoms with Crippen LogP contribution < -0.4 is 10.1 Å². The van der Waals surface area contributed by atoms with Gasteiger partial charge >= 0.3 is 0 Å². The van der Waals surface area contributed by atoms with E-state index >= 15 is 0 Å². The highest BCUT2D eigenvalue weighted by molar-refractivity contribution is 7.99. The Labute approximate surface area is 161 Å². The van der Waals surface area contributed by atoms with E-state index in [1.165, 1.54) is 11.8 Å². The van der Waals surface area contributed by atoms with E-state index in [1.807, 2.05) is 32.0 Å². The Morgan fingerprint density at radius 3 is 2.59 bits per heavy atom. The molecule has 0 aliphatic rings. The number of methoxy groups -OCH3 is 1. The third-order valence-electron chi connectivity index (χ3n) is 4.01. The maximum atomic E-state index is 12.4. The van der Waals surface area contributed by atoms with Crippen LogP contribution in [0.1, 0.15) is 24.2 Å². The van der Waals surface area contributed by atoms with Crippen LogP contribution in [0.5, 0.6) is 5.75 Å². The Balaban J connectivity index is 1.61. The van der Waals surface area contributed by atoms with Gasteiger partial charge in [-0.1, -0.05) is 25.6 Å². The van der Waals surface area contributed by atoms with E-state index in [9.17, 15) is 9.59 Å². The molecule has 0 saturated heterocycles. The number of fused-ring (bicyclic) bond motifs is 1. The molecule has 27 heavy (non-hydrogen) atoms. The van der Waals surface area contributed by atoms with Crippen molar-refractivity contribution in [3.8, 4) is 5.75 Å². The highest BCUT2D eigenvalue weighted by atomic mass is 32.2. The number of H-pyrrole nitrogens is 1. The largest absolute Gasteiger partial charge is 0.497 e.